The first kappa shape index (κ1) is 14.2. The summed E-state index contributed by atoms with van der Waals surface area (Å²) in [5, 5.41) is 0. The molecule has 0 heterocycles. The first-order chi connectivity index (χ1) is 7.55. The van der Waals surface area contributed by atoms with Crippen LogP contribution in [0.3, 0.4) is 0 Å². The van der Waals surface area contributed by atoms with Crippen LogP contribution in [0, 0.1) is 3.57 Å². The van der Waals surface area contributed by atoms with Crippen LogP contribution >= 0.6 is 22.6 Å². The Hall–Kier alpha value is -0.870. The molecule has 1 aromatic rings. The number of rotatable bonds is 2. The SMILES string of the molecule is FC(F)(F)Oc1cc(I)cc(OC(F)(F)F)c1. The smallest absolute Gasteiger partial charge is 0.406 e. The highest BCUT2D eigenvalue weighted by Crippen LogP contribution is 2.31. The van der Waals surface area contributed by atoms with Crippen molar-refractivity contribution in [1.82, 2.24) is 0 Å². The average Bonchev–Trinajstić information content (AvgIpc) is 1.93. The van der Waals surface area contributed by atoms with Crippen molar-refractivity contribution in [2.45, 2.75) is 12.7 Å². The molecule has 0 N–H and O–H groups in total. The van der Waals surface area contributed by atoms with Crippen LogP contribution in [0.4, 0.5) is 26.3 Å². The van der Waals surface area contributed by atoms with Crippen molar-refractivity contribution in [2.75, 3.05) is 0 Å². The normalized spacial score (nSPS) is 12.4. The van der Waals surface area contributed by atoms with Gasteiger partial charge >= 0.3 is 12.7 Å². The van der Waals surface area contributed by atoms with Crippen LogP contribution in [0.2, 0.25) is 0 Å². The minimum Gasteiger partial charge on any atom is -0.406 e. The van der Waals surface area contributed by atoms with Crippen molar-refractivity contribution in [3.63, 3.8) is 0 Å². The summed E-state index contributed by atoms with van der Waals surface area (Å²) >= 11 is 1.54. The summed E-state index contributed by atoms with van der Waals surface area (Å²) < 4.78 is 78.2. The summed E-state index contributed by atoms with van der Waals surface area (Å²) in [7, 11) is 0. The summed E-state index contributed by atoms with van der Waals surface area (Å²) in [6, 6.07) is 2.36. The van der Waals surface area contributed by atoms with Crippen LogP contribution in [0.5, 0.6) is 11.5 Å². The zero-order valence-electron chi connectivity index (χ0n) is 7.69. The van der Waals surface area contributed by atoms with Gasteiger partial charge in [0.2, 0.25) is 0 Å². The molecule has 0 spiro atoms. The number of halogens is 7. The van der Waals surface area contributed by atoms with Gasteiger partial charge in [0.15, 0.2) is 0 Å². The third-order valence-electron chi connectivity index (χ3n) is 1.31. The Balaban J connectivity index is 2.95. The van der Waals surface area contributed by atoms with Gasteiger partial charge in [-0.3, -0.25) is 0 Å². The zero-order valence-corrected chi connectivity index (χ0v) is 9.85. The Morgan fingerprint density at radius 3 is 1.41 bits per heavy atom. The van der Waals surface area contributed by atoms with E-state index in [1.165, 1.54) is 22.6 Å². The molecule has 2 nitrogen and oxygen atoms in total. The summed E-state index contributed by atoms with van der Waals surface area (Å²) in [4.78, 5) is 0. The number of hydrogen-bond acceptors (Lipinski definition) is 2. The van der Waals surface area contributed by atoms with Crippen LogP contribution in [0.1, 0.15) is 0 Å². The molecular weight excluding hydrogens is 369 g/mol. The van der Waals surface area contributed by atoms with Crippen molar-refractivity contribution in [3.8, 4) is 11.5 Å². The molecule has 0 aromatic heterocycles. The van der Waals surface area contributed by atoms with Crippen molar-refractivity contribution in [2.24, 2.45) is 0 Å². The van der Waals surface area contributed by atoms with Gasteiger partial charge in [-0.05, 0) is 34.7 Å². The van der Waals surface area contributed by atoms with E-state index in [-0.39, 0.29) is 3.57 Å². The van der Waals surface area contributed by atoms with E-state index in [1.54, 1.807) is 0 Å². The lowest BCUT2D eigenvalue weighted by molar-refractivity contribution is -0.276. The van der Waals surface area contributed by atoms with Crippen molar-refractivity contribution >= 4 is 22.6 Å². The lowest BCUT2D eigenvalue weighted by Gasteiger charge is -2.12. The third kappa shape index (κ3) is 5.84. The predicted molar refractivity (Wildman–Crippen MR) is 52.5 cm³/mol. The van der Waals surface area contributed by atoms with E-state index in [4.69, 9.17) is 0 Å². The third-order valence-corrected chi connectivity index (χ3v) is 1.93. The van der Waals surface area contributed by atoms with E-state index in [0.717, 1.165) is 12.1 Å². The Morgan fingerprint density at radius 2 is 1.12 bits per heavy atom. The molecule has 0 bridgehead atoms. The summed E-state index contributed by atoms with van der Waals surface area (Å²) in [6.07, 6.45) is -9.94. The molecule has 0 unspecified atom stereocenters. The second-order valence-electron chi connectivity index (χ2n) is 2.72. The van der Waals surface area contributed by atoms with Crippen LogP contribution in [0.25, 0.3) is 0 Å². The molecule has 0 saturated heterocycles. The lowest BCUT2D eigenvalue weighted by atomic mass is 10.3. The van der Waals surface area contributed by atoms with Gasteiger partial charge in [-0.15, -0.1) is 26.3 Å². The maximum Gasteiger partial charge on any atom is 0.573 e. The van der Waals surface area contributed by atoms with Crippen molar-refractivity contribution in [3.05, 3.63) is 21.8 Å². The molecule has 0 radical (unpaired) electrons. The fraction of sp³-hybridized carbons (Fsp3) is 0.250. The highest BCUT2D eigenvalue weighted by molar-refractivity contribution is 14.1. The average molecular weight is 372 g/mol. The molecule has 0 atom stereocenters. The summed E-state index contributed by atoms with van der Waals surface area (Å²) in [6.45, 7) is 0. The summed E-state index contributed by atoms with van der Waals surface area (Å²) in [5.74, 6) is -1.55. The van der Waals surface area contributed by atoms with Crippen LogP contribution in [-0.2, 0) is 0 Å². The molecule has 0 aliphatic heterocycles. The fourth-order valence-electron chi connectivity index (χ4n) is 0.922. The standard InChI is InChI=1S/C8H3F6IO2/c9-7(10,11)16-5-1-4(15)2-6(3-5)17-8(12,13)14/h1-3H. The van der Waals surface area contributed by atoms with Crippen molar-refractivity contribution < 1.29 is 35.8 Å². The second-order valence-corrected chi connectivity index (χ2v) is 3.96. The van der Waals surface area contributed by atoms with Gasteiger partial charge in [-0.2, -0.15) is 0 Å². The number of benzene rings is 1. The topological polar surface area (TPSA) is 18.5 Å². The zero-order chi connectivity index (χ0) is 13.3. The minimum atomic E-state index is -4.97. The number of hydrogen-bond donors (Lipinski definition) is 0. The minimum absolute atomic E-state index is 0.114. The first-order valence-electron chi connectivity index (χ1n) is 3.87. The van der Waals surface area contributed by atoms with Gasteiger partial charge in [0.1, 0.15) is 11.5 Å². The molecule has 0 amide bonds. The van der Waals surface area contributed by atoms with Gasteiger partial charge < -0.3 is 9.47 Å². The van der Waals surface area contributed by atoms with Crippen LogP contribution in [-0.4, -0.2) is 12.7 Å². The Bertz CT molecular complexity index is 366. The van der Waals surface area contributed by atoms with E-state index >= 15 is 0 Å². The van der Waals surface area contributed by atoms with E-state index < -0.39 is 24.2 Å². The van der Waals surface area contributed by atoms with E-state index in [2.05, 4.69) is 9.47 Å². The van der Waals surface area contributed by atoms with Crippen LogP contribution < -0.4 is 9.47 Å². The quantitative estimate of drug-likeness (QED) is 0.575. The molecule has 0 aliphatic rings. The Labute approximate surface area is 105 Å². The molecule has 17 heavy (non-hydrogen) atoms. The Morgan fingerprint density at radius 1 is 0.765 bits per heavy atom. The highest BCUT2D eigenvalue weighted by atomic mass is 127. The largest absolute Gasteiger partial charge is 0.573 e. The predicted octanol–water partition coefficient (Wildman–Crippen LogP) is 4.09. The molecule has 1 rings (SSSR count). The van der Waals surface area contributed by atoms with Gasteiger partial charge in [0, 0.05) is 9.64 Å². The lowest BCUT2D eigenvalue weighted by Crippen LogP contribution is -2.19. The van der Waals surface area contributed by atoms with Gasteiger partial charge in [0.25, 0.3) is 0 Å². The molecule has 0 fully saturated rings. The molecule has 96 valence electrons. The maximum atomic E-state index is 11.9. The fourth-order valence-corrected chi connectivity index (χ4v) is 1.54. The summed E-state index contributed by atoms with van der Waals surface area (Å²) in [5.41, 5.74) is 0. The second kappa shape index (κ2) is 4.78. The van der Waals surface area contributed by atoms with E-state index in [1.807, 2.05) is 0 Å². The number of alkyl halides is 6. The monoisotopic (exact) mass is 372 g/mol. The molecule has 1 aromatic carbocycles. The molecular formula is C8H3F6IO2. The maximum absolute atomic E-state index is 11.9. The van der Waals surface area contributed by atoms with E-state index in [0.29, 0.717) is 6.07 Å². The van der Waals surface area contributed by atoms with Gasteiger partial charge in [-0.1, -0.05) is 0 Å². The van der Waals surface area contributed by atoms with Gasteiger partial charge in [-0.25, -0.2) is 0 Å². The number of ether oxygens (including phenoxy) is 2. The Kier molecular flexibility index (Phi) is 3.99. The van der Waals surface area contributed by atoms with Crippen LogP contribution in [0.15, 0.2) is 18.2 Å². The van der Waals surface area contributed by atoms with E-state index in [9.17, 15) is 26.3 Å². The first-order valence-corrected chi connectivity index (χ1v) is 4.95. The highest BCUT2D eigenvalue weighted by Gasteiger charge is 2.33. The molecule has 9 heteroatoms. The molecule has 0 aliphatic carbocycles. The van der Waals surface area contributed by atoms with Crippen molar-refractivity contribution in [1.29, 1.82) is 0 Å². The molecule has 0 saturated carbocycles. The van der Waals surface area contributed by atoms with Gasteiger partial charge in [0.05, 0.1) is 0 Å².